The summed E-state index contributed by atoms with van der Waals surface area (Å²) in [4.78, 5) is 24.2. The number of allylic oxidation sites excluding steroid dienone is 1. The Bertz CT molecular complexity index is 678. The number of thioether (sulfide) groups is 1. The van der Waals surface area contributed by atoms with E-state index >= 15 is 0 Å². The van der Waals surface area contributed by atoms with Crippen LogP contribution in [0.15, 0.2) is 33.6 Å². The van der Waals surface area contributed by atoms with Gasteiger partial charge in [-0.25, -0.2) is 0 Å². The summed E-state index contributed by atoms with van der Waals surface area (Å²) in [6.45, 7) is 6.18. The molecule has 0 radical (unpaired) electrons. The van der Waals surface area contributed by atoms with Crippen LogP contribution in [0.5, 0.6) is 0 Å². The summed E-state index contributed by atoms with van der Waals surface area (Å²) in [5, 5.41) is 9.86. The van der Waals surface area contributed by atoms with Gasteiger partial charge < -0.3 is 11.1 Å². The van der Waals surface area contributed by atoms with Crippen molar-refractivity contribution in [3.8, 4) is 0 Å². The molecule has 0 atom stereocenters. The fraction of sp³-hybridized carbons (Fsp3) is 0.333. The van der Waals surface area contributed by atoms with Gasteiger partial charge in [0.25, 0.3) is 0 Å². The van der Waals surface area contributed by atoms with Crippen molar-refractivity contribution in [3.63, 3.8) is 0 Å². The van der Waals surface area contributed by atoms with E-state index in [1.807, 2.05) is 13.0 Å². The number of carbonyl (C=O) groups is 1. The SMILES string of the molecule is Cc1c(C(=O)/C(C=N)=C(/N)N=O)ccc2c1C(C)(C)CS2. The Hall–Kier alpha value is -1.95. The average molecular weight is 303 g/mol. The summed E-state index contributed by atoms with van der Waals surface area (Å²) in [5.41, 5.74) is 7.73. The monoisotopic (exact) mass is 303 g/mol. The van der Waals surface area contributed by atoms with Gasteiger partial charge in [0.05, 0.1) is 5.57 Å². The predicted molar refractivity (Wildman–Crippen MR) is 85.1 cm³/mol. The fourth-order valence-electron chi connectivity index (χ4n) is 2.67. The molecule has 0 spiro atoms. The molecule has 3 N–H and O–H groups in total. The summed E-state index contributed by atoms with van der Waals surface area (Å²) < 4.78 is 0. The van der Waals surface area contributed by atoms with Gasteiger partial charge in [-0.2, -0.15) is 0 Å². The van der Waals surface area contributed by atoms with Crippen molar-refractivity contribution in [2.75, 3.05) is 5.75 Å². The number of rotatable bonds is 4. The molecular weight excluding hydrogens is 286 g/mol. The molecule has 0 saturated heterocycles. The molecule has 0 aliphatic carbocycles. The number of nitrogens with zero attached hydrogens (tertiary/aromatic N) is 1. The number of hydrogen-bond donors (Lipinski definition) is 2. The third-order valence-electron chi connectivity index (χ3n) is 3.70. The fourth-order valence-corrected chi connectivity index (χ4v) is 4.07. The van der Waals surface area contributed by atoms with Gasteiger partial charge >= 0.3 is 0 Å². The maximum absolute atomic E-state index is 12.5. The maximum Gasteiger partial charge on any atom is 0.198 e. The number of carbonyl (C=O) groups excluding carboxylic acids is 1. The quantitative estimate of drug-likeness (QED) is 0.386. The number of nitrogens with two attached hydrogens (primary N) is 1. The van der Waals surface area contributed by atoms with E-state index in [9.17, 15) is 9.70 Å². The predicted octanol–water partition coefficient (Wildman–Crippen LogP) is 3.15. The molecule has 2 rings (SSSR count). The molecule has 6 heteroatoms. The highest BCUT2D eigenvalue weighted by molar-refractivity contribution is 7.99. The number of Topliss-reactive ketones (excluding diaryl/α,β-unsaturated/α-hetero) is 1. The molecule has 0 fully saturated rings. The lowest BCUT2D eigenvalue weighted by molar-refractivity contribution is 0.103. The Morgan fingerprint density at radius 1 is 1.48 bits per heavy atom. The van der Waals surface area contributed by atoms with Gasteiger partial charge in [0.15, 0.2) is 11.6 Å². The molecule has 0 saturated carbocycles. The molecule has 1 aromatic carbocycles. The molecule has 0 unspecified atom stereocenters. The first-order chi connectivity index (χ1) is 9.83. The summed E-state index contributed by atoms with van der Waals surface area (Å²) in [7, 11) is 0. The first kappa shape index (κ1) is 15.4. The van der Waals surface area contributed by atoms with Gasteiger partial charge in [0.2, 0.25) is 0 Å². The Morgan fingerprint density at radius 2 is 2.14 bits per heavy atom. The molecule has 1 aromatic rings. The molecule has 1 aliphatic heterocycles. The molecule has 0 bridgehead atoms. The van der Waals surface area contributed by atoms with Crippen LogP contribution in [0.4, 0.5) is 0 Å². The standard InChI is InChI=1S/C15H17N3O2S/c1-8-9(13(19)10(6-16)14(17)18-20)4-5-11-12(8)15(2,3)7-21-11/h4-6,16H,7,17H2,1-3H3/b14-10-,16-6?. The Kier molecular flexibility index (Phi) is 4.00. The minimum Gasteiger partial charge on any atom is -0.380 e. The van der Waals surface area contributed by atoms with E-state index < -0.39 is 11.6 Å². The summed E-state index contributed by atoms with van der Waals surface area (Å²) in [6.07, 6.45) is 0.783. The van der Waals surface area contributed by atoms with E-state index in [1.165, 1.54) is 4.90 Å². The van der Waals surface area contributed by atoms with Crippen LogP contribution in [0.25, 0.3) is 0 Å². The molecule has 1 aliphatic rings. The molecule has 21 heavy (non-hydrogen) atoms. The number of nitrogens with one attached hydrogen (secondary N) is 1. The number of fused-ring (bicyclic) bond motifs is 1. The van der Waals surface area contributed by atoms with Crippen molar-refractivity contribution >= 4 is 23.8 Å². The van der Waals surface area contributed by atoms with E-state index in [1.54, 1.807) is 17.8 Å². The van der Waals surface area contributed by atoms with Gasteiger partial charge in [-0.1, -0.05) is 13.8 Å². The van der Waals surface area contributed by atoms with Crippen LogP contribution in [0.2, 0.25) is 0 Å². The lowest BCUT2D eigenvalue weighted by Crippen LogP contribution is -2.20. The van der Waals surface area contributed by atoms with E-state index in [4.69, 9.17) is 11.1 Å². The first-order valence-corrected chi connectivity index (χ1v) is 7.47. The minimum atomic E-state index is -0.455. The van der Waals surface area contributed by atoms with Crippen LogP contribution in [-0.4, -0.2) is 17.8 Å². The van der Waals surface area contributed by atoms with Crippen LogP contribution in [0, 0.1) is 17.2 Å². The Labute approximate surface area is 127 Å². The van der Waals surface area contributed by atoms with Crippen molar-refractivity contribution in [2.24, 2.45) is 10.9 Å². The third kappa shape index (κ3) is 2.51. The third-order valence-corrected chi connectivity index (χ3v) is 5.22. The zero-order valence-electron chi connectivity index (χ0n) is 12.2. The van der Waals surface area contributed by atoms with Crippen molar-refractivity contribution in [2.45, 2.75) is 31.1 Å². The Balaban J connectivity index is 2.60. The largest absolute Gasteiger partial charge is 0.380 e. The van der Waals surface area contributed by atoms with Crippen LogP contribution in [-0.2, 0) is 5.41 Å². The molecule has 0 amide bonds. The molecule has 5 nitrogen and oxygen atoms in total. The highest BCUT2D eigenvalue weighted by Gasteiger charge is 2.34. The van der Waals surface area contributed by atoms with Crippen molar-refractivity contribution in [3.05, 3.63) is 45.1 Å². The maximum atomic E-state index is 12.5. The van der Waals surface area contributed by atoms with Gasteiger partial charge in [-0.05, 0) is 35.4 Å². The highest BCUT2D eigenvalue weighted by Crippen LogP contribution is 2.46. The minimum absolute atomic E-state index is 0.0105. The van der Waals surface area contributed by atoms with Crippen molar-refractivity contribution < 1.29 is 4.79 Å². The molecule has 110 valence electrons. The van der Waals surface area contributed by atoms with Crippen LogP contribution in [0.3, 0.4) is 0 Å². The second-order valence-corrected chi connectivity index (χ2v) is 6.66. The topological polar surface area (TPSA) is 96.4 Å². The van der Waals surface area contributed by atoms with Crippen molar-refractivity contribution in [1.29, 1.82) is 5.41 Å². The van der Waals surface area contributed by atoms with Crippen LogP contribution >= 0.6 is 11.8 Å². The smallest absolute Gasteiger partial charge is 0.198 e. The zero-order valence-corrected chi connectivity index (χ0v) is 13.0. The lowest BCUT2D eigenvalue weighted by atomic mass is 9.81. The number of nitroso groups, excluding NO2 is 1. The molecular formula is C15H17N3O2S. The normalized spacial score (nSPS) is 16.9. The molecule has 0 aromatic heterocycles. The van der Waals surface area contributed by atoms with Gasteiger partial charge in [-0.3, -0.25) is 4.79 Å². The second-order valence-electron chi connectivity index (χ2n) is 5.65. The van der Waals surface area contributed by atoms with Crippen LogP contribution < -0.4 is 5.73 Å². The van der Waals surface area contributed by atoms with E-state index in [0.29, 0.717) is 5.56 Å². The van der Waals surface area contributed by atoms with E-state index in [0.717, 1.165) is 23.1 Å². The average Bonchev–Trinajstić information content (AvgIpc) is 2.75. The highest BCUT2D eigenvalue weighted by atomic mass is 32.2. The van der Waals surface area contributed by atoms with Crippen LogP contribution in [0.1, 0.15) is 35.3 Å². The first-order valence-electron chi connectivity index (χ1n) is 6.48. The zero-order chi connectivity index (χ0) is 15.8. The summed E-state index contributed by atoms with van der Waals surface area (Å²) in [5.74, 6) is 0.0742. The lowest BCUT2D eigenvalue weighted by Gasteiger charge is -2.21. The number of benzene rings is 1. The van der Waals surface area contributed by atoms with Gasteiger partial charge in [0, 0.05) is 27.8 Å². The second kappa shape index (κ2) is 5.44. The van der Waals surface area contributed by atoms with Crippen molar-refractivity contribution in [1.82, 2.24) is 0 Å². The summed E-state index contributed by atoms with van der Waals surface area (Å²) >= 11 is 1.77. The number of hydrogen-bond acceptors (Lipinski definition) is 6. The van der Waals surface area contributed by atoms with E-state index in [-0.39, 0.29) is 11.0 Å². The Morgan fingerprint density at radius 3 is 2.71 bits per heavy atom. The van der Waals surface area contributed by atoms with Gasteiger partial charge in [-0.15, -0.1) is 16.7 Å². The summed E-state index contributed by atoms with van der Waals surface area (Å²) in [6, 6.07) is 3.65. The molecule has 1 heterocycles. The van der Waals surface area contributed by atoms with Gasteiger partial charge in [0.1, 0.15) is 0 Å². The number of ketones is 1. The van der Waals surface area contributed by atoms with E-state index in [2.05, 4.69) is 19.0 Å².